The summed E-state index contributed by atoms with van der Waals surface area (Å²) in [5, 5.41) is 3.02. The van der Waals surface area contributed by atoms with Gasteiger partial charge in [-0.05, 0) is 30.3 Å². The standard InChI is InChI=1S/C12H9ClFN3S/c13-8-5-4-7(6-9(8)14)16-11-3-1-2-10(17-11)12(15)18/h1-6H,(H2,15,18)(H,16,17). The zero-order chi connectivity index (χ0) is 13.1. The zero-order valence-electron chi connectivity index (χ0n) is 9.15. The van der Waals surface area contributed by atoms with Crippen LogP contribution in [0.2, 0.25) is 5.02 Å². The van der Waals surface area contributed by atoms with Crippen molar-refractivity contribution >= 4 is 40.3 Å². The van der Waals surface area contributed by atoms with Gasteiger partial charge in [0.2, 0.25) is 0 Å². The van der Waals surface area contributed by atoms with E-state index in [1.54, 1.807) is 24.3 Å². The van der Waals surface area contributed by atoms with Gasteiger partial charge in [0.1, 0.15) is 16.6 Å². The Morgan fingerprint density at radius 2 is 2.11 bits per heavy atom. The Morgan fingerprint density at radius 1 is 1.33 bits per heavy atom. The highest BCUT2D eigenvalue weighted by atomic mass is 35.5. The molecule has 1 heterocycles. The van der Waals surface area contributed by atoms with Gasteiger partial charge >= 0.3 is 0 Å². The molecule has 0 spiro atoms. The van der Waals surface area contributed by atoms with Gasteiger partial charge in [0, 0.05) is 5.69 Å². The summed E-state index contributed by atoms with van der Waals surface area (Å²) in [6.07, 6.45) is 0. The van der Waals surface area contributed by atoms with Crippen molar-refractivity contribution in [3.05, 3.63) is 52.9 Å². The quantitative estimate of drug-likeness (QED) is 0.848. The molecule has 92 valence electrons. The van der Waals surface area contributed by atoms with Gasteiger partial charge in [-0.1, -0.05) is 29.9 Å². The maximum Gasteiger partial charge on any atom is 0.143 e. The van der Waals surface area contributed by atoms with Gasteiger partial charge in [-0.2, -0.15) is 0 Å². The minimum Gasteiger partial charge on any atom is -0.388 e. The number of hydrogen-bond acceptors (Lipinski definition) is 3. The smallest absolute Gasteiger partial charge is 0.143 e. The third-order valence-electron chi connectivity index (χ3n) is 2.19. The Balaban J connectivity index is 2.25. The number of rotatable bonds is 3. The largest absolute Gasteiger partial charge is 0.388 e. The summed E-state index contributed by atoms with van der Waals surface area (Å²) in [6, 6.07) is 9.61. The first-order chi connectivity index (χ1) is 8.56. The van der Waals surface area contributed by atoms with Gasteiger partial charge in [0.05, 0.1) is 10.7 Å². The minimum absolute atomic E-state index is 0.0744. The van der Waals surface area contributed by atoms with Crippen LogP contribution in [0.1, 0.15) is 5.69 Å². The fourth-order valence-electron chi connectivity index (χ4n) is 1.36. The molecule has 0 saturated carbocycles. The Labute approximate surface area is 114 Å². The summed E-state index contributed by atoms with van der Waals surface area (Å²) in [4.78, 5) is 4.40. The Morgan fingerprint density at radius 3 is 2.78 bits per heavy atom. The van der Waals surface area contributed by atoms with E-state index < -0.39 is 5.82 Å². The molecule has 2 rings (SSSR count). The number of anilines is 2. The first-order valence-electron chi connectivity index (χ1n) is 5.05. The predicted octanol–water partition coefficient (Wildman–Crippen LogP) is 3.25. The number of aromatic nitrogens is 1. The van der Waals surface area contributed by atoms with Crippen molar-refractivity contribution in [3.8, 4) is 0 Å². The summed E-state index contributed by atoms with van der Waals surface area (Å²) < 4.78 is 13.3. The van der Waals surface area contributed by atoms with Crippen LogP contribution in [0.25, 0.3) is 0 Å². The molecule has 3 N–H and O–H groups in total. The van der Waals surface area contributed by atoms with Crippen molar-refractivity contribution in [3.63, 3.8) is 0 Å². The molecular weight excluding hydrogens is 273 g/mol. The molecule has 0 fully saturated rings. The summed E-state index contributed by atoms with van der Waals surface area (Å²) in [5.41, 5.74) is 6.53. The van der Waals surface area contributed by atoms with E-state index in [1.165, 1.54) is 12.1 Å². The van der Waals surface area contributed by atoms with E-state index in [1.807, 2.05) is 0 Å². The lowest BCUT2D eigenvalue weighted by molar-refractivity contribution is 0.629. The van der Waals surface area contributed by atoms with Gasteiger partial charge in [0.25, 0.3) is 0 Å². The van der Waals surface area contributed by atoms with Gasteiger partial charge in [0.15, 0.2) is 0 Å². The molecule has 0 aliphatic carbocycles. The summed E-state index contributed by atoms with van der Waals surface area (Å²) in [6.45, 7) is 0. The third-order valence-corrected chi connectivity index (χ3v) is 2.71. The molecule has 0 atom stereocenters. The fourth-order valence-corrected chi connectivity index (χ4v) is 1.59. The molecule has 6 heteroatoms. The van der Waals surface area contributed by atoms with Crippen molar-refractivity contribution in [1.29, 1.82) is 0 Å². The van der Waals surface area contributed by atoms with E-state index in [4.69, 9.17) is 29.6 Å². The molecule has 0 saturated heterocycles. The maximum absolute atomic E-state index is 13.3. The minimum atomic E-state index is -0.493. The SMILES string of the molecule is NC(=S)c1cccc(Nc2ccc(Cl)c(F)c2)n1. The van der Waals surface area contributed by atoms with Crippen molar-refractivity contribution in [2.24, 2.45) is 5.73 Å². The lowest BCUT2D eigenvalue weighted by Crippen LogP contribution is -2.12. The number of hydrogen-bond donors (Lipinski definition) is 2. The number of pyridine rings is 1. The van der Waals surface area contributed by atoms with Crippen LogP contribution in [0.15, 0.2) is 36.4 Å². The van der Waals surface area contributed by atoms with E-state index >= 15 is 0 Å². The number of halogens is 2. The highest BCUT2D eigenvalue weighted by Crippen LogP contribution is 2.21. The van der Waals surface area contributed by atoms with Crippen LogP contribution in [-0.4, -0.2) is 9.97 Å². The number of benzene rings is 1. The molecule has 0 unspecified atom stereocenters. The predicted molar refractivity (Wildman–Crippen MR) is 74.8 cm³/mol. The van der Waals surface area contributed by atoms with Crippen LogP contribution in [0.3, 0.4) is 0 Å². The number of nitrogens with zero attached hydrogens (tertiary/aromatic N) is 1. The van der Waals surface area contributed by atoms with E-state index in [-0.39, 0.29) is 10.0 Å². The van der Waals surface area contributed by atoms with Crippen molar-refractivity contribution in [2.45, 2.75) is 0 Å². The van der Waals surface area contributed by atoms with Crippen LogP contribution in [-0.2, 0) is 0 Å². The molecule has 0 radical (unpaired) electrons. The average molecular weight is 282 g/mol. The molecule has 1 aromatic carbocycles. The van der Waals surface area contributed by atoms with Crippen LogP contribution in [0.5, 0.6) is 0 Å². The molecule has 2 aromatic rings. The number of nitrogens with two attached hydrogens (primary N) is 1. The highest BCUT2D eigenvalue weighted by Gasteiger charge is 2.03. The molecule has 0 bridgehead atoms. The number of nitrogens with one attached hydrogen (secondary N) is 1. The molecule has 0 aliphatic heterocycles. The van der Waals surface area contributed by atoms with Crippen molar-refractivity contribution < 1.29 is 4.39 Å². The Bertz CT molecular complexity index is 604. The van der Waals surface area contributed by atoms with E-state index in [0.29, 0.717) is 17.2 Å². The van der Waals surface area contributed by atoms with E-state index in [2.05, 4.69) is 10.3 Å². The first kappa shape index (κ1) is 12.7. The summed E-state index contributed by atoms with van der Waals surface area (Å²) in [7, 11) is 0. The third kappa shape index (κ3) is 2.94. The van der Waals surface area contributed by atoms with Gasteiger partial charge < -0.3 is 11.1 Å². The molecule has 18 heavy (non-hydrogen) atoms. The van der Waals surface area contributed by atoms with Gasteiger partial charge in [-0.3, -0.25) is 0 Å². The first-order valence-corrected chi connectivity index (χ1v) is 5.84. The second-order valence-electron chi connectivity index (χ2n) is 3.53. The van der Waals surface area contributed by atoms with E-state index in [0.717, 1.165) is 0 Å². The summed E-state index contributed by atoms with van der Waals surface area (Å²) in [5.74, 6) is 0.0363. The van der Waals surface area contributed by atoms with E-state index in [9.17, 15) is 4.39 Å². The maximum atomic E-state index is 13.3. The normalized spacial score (nSPS) is 10.1. The molecule has 3 nitrogen and oxygen atoms in total. The monoisotopic (exact) mass is 281 g/mol. The van der Waals surface area contributed by atoms with Gasteiger partial charge in [-0.15, -0.1) is 0 Å². The Kier molecular flexibility index (Phi) is 3.74. The second kappa shape index (κ2) is 5.29. The number of thiocarbonyl (C=S) groups is 1. The highest BCUT2D eigenvalue weighted by molar-refractivity contribution is 7.80. The van der Waals surface area contributed by atoms with Crippen LogP contribution in [0, 0.1) is 5.82 Å². The Hall–Kier alpha value is -1.72. The lowest BCUT2D eigenvalue weighted by atomic mass is 10.3. The van der Waals surface area contributed by atoms with Gasteiger partial charge in [-0.25, -0.2) is 9.37 Å². The molecule has 0 aliphatic rings. The van der Waals surface area contributed by atoms with Crippen LogP contribution < -0.4 is 11.1 Å². The van der Waals surface area contributed by atoms with Crippen molar-refractivity contribution in [2.75, 3.05) is 5.32 Å². The lowest BCUT2D eigenvalue weighted by Gasteiger charge is -2.07. The topological polar surface area (TPSA) is 50.9 Å². The van der Waals surface area contributed by atoms with Crippen LogP contribution >= 0.6 is 23.8 Å². The average Bonchev–Trinajstić information content (AvgIpc) is 2.34. The fraction of sp³-hybridized carbons (Fsp3) is 0. The molecule has 1 aromatic heterocycles. The van der Waals surface area contributed by atoms with Crippen molar-refractivity contribution in [1.82, 2.24) is 4.98 Å². The molecule has 0 amide bonds. The summed E-state index contributed by atoms with van der Waals surface area (Å²) >= 11 is 10.4. The molecular formula is C12H9ClFN3S. The second-order valence-corrected chi connectivity index (χ2v) is 4.37. The van der Waals surface area contributed by atoms with Crippen LogP contribution in [0.4, 0.5) is 15.9 Å². The zero-order valence-corrected chi connectivity index (χ0v) is 10.7.